The lowest BCUT2D eigenvalue weighted by Gasteiger charge is -2.33. The standard InChI is InChI=1S/C24H22N2O2/c1-23(2)12-21(28-24(23,3)4)15-9-10-18(25-13-15)16-11-20-22(26-14-16)17-7-5-6-8-19(17)27-20/h5-14H,1-4H3. The molecule has 0 unspecified atom stereocenters. The molecular formula is C24H22N2O2. The van der Waals surface area contributed by atoms with E-state index < -0.39 is 0 Å². The van der Waals surface area contributed by atoms with Crippen LogP contribution in [0.4, 0.5) is 0 Å². The van der Waals surface area contributed by atoms with E-state index >= 15 is 0 Å². The van der Waals surface area contributed by atoms with Gasteiger partial charge in [0.15, 0.2) is 5.58 Å². The number of ether oxygens (including phenoxy) is 1. The topological polar surface area (TPSA) is 48.2 Å². The van der Waals surface area contributed by atoms with Gasteiger partial charge < -0.3 is 9.15 Å². The van der Waals surface area contributed by atoms with Gasteiger partial charge in [0.1, 0.15) is 22.5 Å². The van der Waals surface area contributed by atoms with Gasteiger partial charge in [0.05, 0.1) is 5.69 Å². The summed E-state index contributed by atoms with van der Waals surface area (Å²) in [6, 6.07) is 14.0. The van der Waals surface area contributed by atoms with E-state index in [9.17, 15) is 0 Å². The minimum Gasteiger partial charge on any atom is -0.487 e. The van der Waals surface area contributed by atoms with Crippen molar-refractivity contribution in [2.45, 2.75) is 33.3 Å². The zero-order valence-corrected chi connectivity index (χ0v) is 16.5. The smallest absolute Gasteiger partial charge is 0.154 e. The lowest BCUT2D eigenvalue weighted by Crippen LogP contribution is -2.35. The van der Waals surface area contributed by atoms with E-state index in [1.807, 2.05) is 48.8 Å². The number of hydrogen-bond acceptors (Lipinski definition) is 4. The van der Waals surface area contributed by atoms with E-state index in [1.54, 1.807) is 0 Å². The summed E-state index contributed by atoms with van der Waals surface area (Å²) in [5.41, 5.74) is 5.01. The minimum absolute atomic E-state index is 0.0305. The number of pyridine rings is 2. The number of para-hydroxylation sites is 1. The van der Waals surface area contributed by atoms with Crippen LogP contribution in [0.5, 0.6) is 0 Å². The second-order valence-corrected chi connectivity index (χ2v) is 8.44. The van der Waals surface area contributed by atoms with Gasteiger partial charge in [0.25, 0.3) is 0 Å². The van der Waals surface area contributed by atoms with Crippen molar-refractivity contribution in [2.75, 3.05) is 0 Å². The van der Waals surface area contributed by atoms with Crippen LogP contribution >= 0.6 is 0 Å². The van der Waals surface area contributed by atoms with Crippen molar-refractivity contribution in [1.82, 2.24) is 9.97 Å². The quantitative estimate of drug-likeness (QED) is 0.420. The highest BCUT2D eigenvalue weighted by molar-refractivity contribution is 6.03. The van der Waals surface area contributed by atoms with Crippen molar-refractivity contribution in [3.8, 4) is 11.3 Å². The fraction of sp³-hybridized carbons (Fsp3) is 0.250. The fourth-order valence-corrected chi connectivity index (χ4v) is 3.52. The maximum atomic E-state index is 6.18. The van der Waals surface area contributed by atoms with Gasteiger partial charge in [-0.05, 0) is 50.3 Å². The Kier molecular flexibility index (Phi) is 3.45. The molecule has 140 valence electrons. The third-order valence-electron chi connectivity index (χ3n) is 5.97. The molecule has 3 aromatic heterocycles. The van der Waals surface area contributed by atoms with Crippen LogP contribution in [0.25, 0.3) is 39.1 Å². The van der Waals surface area contributed by atoms with Crippen LogP contribution in [0.2, 0.25) is 0 Å². The molecule has 0 spiro atoms. The second-order valence-electron chi connectivity index (χ2n) is 8.44. The number of hydrogen-bond donors (Lipinski definition) is 0. The van der Waals surface area contributed by atoms with Gasteiger partial charge >= 0.3 is 0 Å². The molecule has 4 heteroatoms. The predicted molar refractivity (Wildman–Crippen MR) is 112 cm³/mol. The largest absolute Gasteiger partial charge is 0.487 e. The van der Waals surface area contributed by atoms with Crippen LogP contribution in [0.1, 0.15) is 33.3 Å². The van der Waals surface area contributed by atoms with Gasteiger partial charge in [-0.15, -0.1) is 0 Å². The van der Waals surface area contributed by atoms with E-state index in [-0.39, 0.29) is 11.0 Å². The Morgan fingerprint density at radius 1 is 0.821 bits per heavy atom. The van der Waals surface area contributed by atoms with Crippen LogP contribution < -0.4 is 0 Å². The molecule has 0 amide bonds. The first kappa shape index (κ1) is 17.0. The molecule has 0 fully saturated rings. The second kappa shape index (κ2) is 5.68. The summed E-state index contributed by atoms with van der Waals surface area (Å²) in [7, 11) is 0. The third-order valence-corrected chi connectivity index (χ3v) is 5.97. The monoisotopic (exact) mass is 370 g/mol. The lowest BCUT2D eigenvalue weighted by atomic mass is 9.78. The van der Waals surface area contributed by atoms with Gasteiger partial charge in [-0.1, -0.05) is 26.0 Å². The number of benzene rings is 1. The summed E-state index contributed by atoms with van der Waals surface area (Å²) in [4.78, 5) is 9.26. The Hall–Kier alpha value is -3.14. The Bertz CT molecular complexity index is 1230. The van der Waals surface area contributed by atoms with E-state index in [1.165, 1.54) is 0 Å². The zero-order chi connectivity index (χ0) is 19.5. The summed E-state index contributed by atoms with van der Waals surface area (Å²) in [6.07, 6.45) is 5.90. The van der Waals surface area contributed by atoms with Crippen molar-refractivity contribution in [2.24, 2.45) is 5.41 Å². The first-order valence-electron chi connectivity index (χ1n) is 9.50. The molecule has 0 N–H and O–H groups in total. The summed E-state index contributed by atoms with van der Waals surface area (Å²) < 4.78 is 12.1. The van der Waals surface area contributed by atoms with Gasteiger partial charge in [0.2, 0.25) is 0 Å². The summed E-state index contributed by atoms with van der Waals surface area (Å²) in [5, 5.41) is 1.03. The molecular weight excluding hydrogens is 348 g/mol. The van der Waals surface area contributed by atoms with Crippen molar-refractivity contribution < 1.29 is 9.15 Å². The molecule has 0 bridgehead atoms. The van der Waals surface area contributed by atoms with Crippen LogP contribution in [0.3, 0.4) is 0 Å². The number of fused-ring (bicyclic) bond motifs is 3. The number of aromatic nitrogens is 2. The van der Waals surface area contributed by atoms with Gasteiger partial charge in [-0.2, -0.15) is 0 Å². The summed E-state index contributed by atoms with van der Waals surface area (Å²) in [5.74, 6) is 0.889. The van der Waals surface area contributed by atoms with Crippen LogP contribution in [-0.4, -0.2) is 15.6 Å². The van der Waals surface area contributed by atoms with E-state index in [0.29, 0.717) is 0 Å². The molecule has 5 rings (SSSR count). The Morgan fingerprint density at radius 2 is 1.61 bits per heavy atom. The predicted octanol–water partition coefficient (Wildman–Crippen LogP) is 6.22. The molecule has 1 aliphatic heterocycles. The fourth-order valence-electron chi connectivity index (χ4n) is 3.52. The Balaban J connectivity index is 1.50. The number of nitrogens with zero attached hydrogens (tertiary/aromatic N) is 2. The zero-order valence-electron chi connectivity index (χ0n) is 16.5. The molecule has 0 radical (unpaired) electrons. The normalized spacial score (nSPS) is 17.6. The molecule has 0 aliphatic carbocycles. The highest BCUT2D eigenvalue weighted by atomic mass is 16.5. The molecule has 4 nitrogen and oxygen atoms in total. The molecule has 0 saturated heterocycles. The molecule has 4 aromatic rings. The van der Waals surface area contributed by atoms with E-state index in [0.717, 1.165) is 44.6 Å². The van der Waals surface area contributed by atoms with Crippen molar-refractivity contribution in [3.63, 3.8) is 0 Å². The average molecular weight is 370 g/mol. The molecule has 0 atom stereocenters. The van der Waals surface area contributed by atoms with Crippen LogP contribution in [0, 0.1) is 5.41 Å². The third kappa shape index (κ3) is 2.52. The van der Waals surface area contributed by atoms with E-state index in [4.69, 9.17) is 9.15 Å². The molecule has 1 aliphatic rings. The van der Waals surface area contributed by atoms with Crippen LogP contribution in [0.15, 0.2) is 65.4 Å². The van der Waals surface area contributed by atoms with Crippen molar-refractivity contribution in [1.29, 1.82) is 0 Å². The van der Waals surface area contributed by atoms with Gasteiger partial charge in [-0.25, -0.2) is 0 Å². The van der Waals surface area contributed by atoms with Crippen molar-refractivity contribution in [3.05, 3.63) is 66.5 Å². The van der Waals surface area contributed by atoms with Gasteiger partial charge in [-0.3, -0.25) is 9.97 Å². The lowest BCUT2D eigenvalue weighted by molar-refractivity contribution is 0.0191. The maximum Gasteiger partial charge on any atom is 0.154 e. The van der Waals surface area contributed by atoms with Crippen LogP contribution in [-0.2, 0) is 4.74 Å². The first-order valence-corrected chi connectivity index (χ1v) is 9.50. The van der Waals surface area contributed by atoms with E-state index in [2.05, 4.69) is 49.8 Å². The van der Waals surface area contributed by atoms with Crippen molar-refractivity contribution >= 4 is 27.8 Å². The Morgan fingerprint density at radius 3 is 2.32 bits per heavy atom. The summed E-state index contributed by atoms with van der Waals surface area (Å²) in [6.45, 7) is 8.62. The minimum atomic E-state index is -0.239. The highest BCUT2D eigenvalue weighted by Gasteiger charge is 2.43. The maximum absolute atomic E-state index is 6.18. The number of rotatable bonds is 2. The highest BCUT2D eigenvalue weighted by Crippen LogP contribution is 2.46. The molecule has 1 aromatic carbocycles. The SMILES string of the molecule is CC1(C)C=C(c2ccc(-c3cnc4c(c3)oc3ccccc34)nc2)OC1(C)C. The number of furan rings is 1. The molecule has 4 heterocycles. The first-order chi connectivity index (χ1) is 13.3. The Labute approximate surface area is 163 Å². The molecule has 0 saturated carbocycles. The average Bonchev–Trinajstić information content (AvgIpc) is 3.15. The summed E-state index contributed by atoms with van der Waals surface area (Å²) >= 11 is 0. The van der Waals surface area contributed by atoms with Gasteiger partial charge in [0, 0.05) is 34.3 Å². The molecule has 28 heavy (non-hydrogen) atoms.